The van der Waals surface area contributed by atoms with Crippen molar-refractivity contribution in [3.8, 4) is 0 Å². The van der Waals surface area contributed by atoms with Crippen LogP contribution in [0.4, 0.5) is 10.1 Å². The van der Waals surface area contributed by atoms with Gasteiger partial charge in [0.1, 0.15) is 5.82 Å². The number of carbonyl (C=O) groups is 1. The van der Waals surface area contributed by atoms with Crippen molar-refractivity contribution in [2.24, 2.45) is 0 Å². The van der Waals surface area contributed by atoms with Crippen LogP contribution in [-0.4, -0.2) is 24.2 Å². The van der Waals surface area contributed by atoms with E-state index in [1.807, 2.05) is 11.8 Å². The van der Waals surface area contributed by atoms with E-state index in [0.29, 0.717) is 25.2 Å². The van der Waals surface area contributed by atoms with Crippen LogP contribution in [0.15, 0.2) is 24.3 Å². The van der Waals surface area contributed by atoms with Crippen LogP contribution < -0.4 is 4.90 Å². The maximum Gasteiger partial charge on any atom is 0.303 e. The molecular weight excluding hydrogens is 209 g/mol. The van der Waals surface area contributed by atoms with Crippen molar-refractivity contribution >= 4 is 11.7 Å². The molecule has 0 radical (unpaired) electrons. The monoisotopic (exact) mass is 225 g/mol. The average Bonchev–Trinajstić information content (AvgIpc) is 2.25. The van der Waals surface area contributed by atoms with E-state index in [9.17, 15) is 9.18 Å². The molecule has 0 heterocycles. The number of aliphatic carboxylic acids is 1. The van der Waals surface area contributed by atoms with Gasteiger partial charge >= 0.3 is 5.97 Å². The van der Waals surface area contributed by atoms with Crippen molar-refractivity contribution in [3.05, 3.63) is 30.1 Å². The lowest BCUT2D eigenvalue weighted by Crippen LogP contribution is -2.25. The smallest absolute Gasteiger partial charge is 0.303 e. The van der Waals surface area contributed by atoms with Crippen LogP contribution >= 0.6 is 0 Å². The molecule has 88 valence electrons. The quantitative estimate of drug-likeness (QED) is 0.808. The highest BCUT2D eigenvalue weighted by Crippen LogP contribution is 2.18. The third-order valence-corrected chi connectivity index (χ3v) is 2.39. The number of benzene rings is 1. The molecule has 1 N–H and O–H groups in total. The average molecular weight is 225 g/mol. The summed E-state index contributed by atoms with van der Waals surface area (Å²) < 4.78 is 13.5. The highest BCUT2D eigenvalue weighted by Gasteiger charge is 2.09. The number of hydrogen-bond acceptors (Lipinski definition) is 2. The number of carboxylic acids is 1. The zero-order valence-corrected chi connectivity index (χ0v) is 9.32. The van der Waals surface area contributed by atoms with Crippen LogP contribution in [0.3, 0.4) is 0 Å². The molecule has 0 amide bonds. The van der Waals surface area contributed by atoms with Crippen molar-refractivity contribution in [2.45, 2.75) is 19.8 Å². The molecule has 0 atom stereocenters. The maximum absolute atomic E-state index is 13.5. The van der Waals surface area contributed by atoms with Crippen molar-refractivity contribution in [2.75, 3.05) is 18.0 Å². The summed E-state index contributed by atoms with van der Waals surface area (Å²) in [4.78, 5) is 12.2. The van der Waals surface area contributed by atoms with Gasteiger partial charge in [-0.25, -0.2) is 4.39 Å². The second-order valence-electron chi connectivity index (χ2n) is 3.53. The standard InChI is InChI=1S/C12H16FNO2/c1-2-14(9-5-8-12(15)16)11-7-4-3-6-10(11)13/h3-4,6-7H,2,5,8-9H2,1H3,(H,15,16). The van der Waals surface area contributed by atoms with Crippen molar-refractivity contribution < 1.29 is 14.3 Å². The lowest BCUT2D eigenvalue weighted by molar-refractivity contribution is -0.137. The Labute approximate surface area is 94.5 Å². The fourth-order valence-corrected chi connectivity index (χ4v) is 1.58. The molecular formula is C12H16FNO2. The molecule has 0 aromatic heterocycles. The Morgan fingerprint density at radius 2 is 2.12 bits per heavy atom. The minimum atomic E-state index is -0.815. The van der Waals surface area contributed by atoms with Crippen LogP contribution in [0, 0.1) is 5.82 Å². The van der Waals surface area contributed by atoms with Crippen LogP contribution in [0.25, 0.3) is 0 Å². The molecule has 0 spiro atoms. The molecule has 0 aliphatic heterocycles. The number of hydrogen-bond donors (Lipinski definition) is 1. The van der Waals surface area contributed by atoms with E-state index in [-0.39, 0.29) is 12.2 Å². The van der Waals surface area contributed by atoms with E-state index in [2.05, 4.69) is 0 Å². The molecule has 0 bridgehead atoms. The molecule has 1 rings (SSSR count). The Kier molecular flexibility index (Phi) is 4.76. The van der Waals surface area contributed by atoms with Crippen molar-refractivity contribution in [3.63, 3.8) is 0 Å². The lowest BCUT2D eigenvalue weighted by atomic mass is 10.2. The van der Waals surface area contributed by atoms with Gasteiger partial charge in [0.25, 0.3) is 0 Å². The summed E-state index contributed by atoms with van der Waals surface area (Å²) in [6.45, 7) is 3.15. The fourth-order valence-electron chi connectivity index (χ4n) is 1.58. The number of rotatable bonds is 6. The predicted octanol–water partition coefficient (Wildman–Crippen LogP) is 2.52. The van der Waals surface area contributed by atoms with Gasteiger partial charge in [0, 0.05) is 19.5 Å². The Bertz CT molecular complexity index is 355. The van der Waals surface area contributed by atoms with E-state index in [0.717, 1.165) is 0 Å². The highest BCUT2D eigenvalue weighted by molar-refractivity contribution is 5.66. The second-order valence-corrected chi connectivity index (χ2v) is 3.53. The highest BCUT2D eigenvalue weighted by atomic mass is 19.1. The molecule has 0 aliphatic rings. The first-order valence-electron chi connectivity index (χ1n) is 5.36. The summed E-state index contributed by atoms with van der Waals surface area (Å²) in [7, 11) is 0. The van der Waals surface area contributed by atoms with Gasteiger partial charge in [-0.3, -0.25) is 4.79 Å². The van der Waals surface area contributed by atoms with Gasteiger partial charge in [0.05, 0.1) is 5.69 Å². The molecule has 0 saturated heterocycles. The largest absolute Gasteiger partial charge is 0.481 e. The van der Waals surface area contributed by atoms with E-state index < -0.39 is 5.97 Å². The number of anilines is 1. The maximum atomic E-state index is 13.5. The minimum absolute atomic E-state index is 0.116. The van der Waals surface area contributed by atoms with E-state index in [4.69, 9.17) is 5.11 Å². The third kappa shape index (κ3) is 3.53. The molecule has 3 nitrogen and oxygen atoms in total. The number of nitrogens with zero attached hydrogens (tertiary/aromatic N) is 1. The van der Waals surface area contributed by atoms with Gasteiger partial charge in [-0.1, -0.05) is 12.1 Å². The SMILES string of the molecule is CCN(CCCC(=O)O)c1ccccc1F. The normalized spacial score (nSPS) is 10.1. The number of carboxylic acid groups (broad SMARTS) is 1. The summed E-state index contributed by atoms with van der Waals surface area (Å²) >= 11 is 0. The molecule has 0 unspecified atom stereocenters. The van der Waals surface area contributed by atoms with E-state index in [1.165, 1.54) is 6.07 Å². The third-order valence-electron chi connectivity index (χ3n) is 2.39. The minimum Gasteiger partial charge on any atom is -0.481 e. The first-order chi connectivity index (χ1) is 7.65. The number of halogens is 1. The topological polar surface area (TPSA) is 40.5 Å². The Morgan fingerprint density at radius 1 is 1.44 bits per heavy atom. The summed E-state index contributed by atoms with van der Waals surface area (Å²) in [5.41, 5.74) is 0.537. The predicted molar refractivity (Wildman–Crippen MR) is 61.2 cm³/mol. The molecule has 1 aromatic carbocycles. The van der Waals surface area contributed by atoms with Gasteiger partial charge in [-0.15, -0.1) is 0 Å². The van der Waals surface area contributed by atoms with E-state index in [1.54, 1.807) is 18.2 Å². The summed E-state index contributed by atoms with van der Waals surface area (Å²) in [5, 5.41) is 8.53. The van der Waals surface area contributed by atoms with Crippen LogP contribution in [-0.2, 0) is 4.79 Å². The first-order valence-corrected chi connectivity index (χ1v) is 5.36. The first kappa shape index (κ1) is 12.5. The Hall–Kier alpha value is -1.58. The van der Waals surface area contributed by atoms with Gasteiger partial charge in [-0.05, 0) is 25.5 Å². The van der Waals surface area contributed by atoms with E-state index >= 15 is 0 Å². The molecule has 4 heteroatoms. The van der Waals surface area contributed by atoms with Gasteiger partial charge in [0.2, 0.25) is 0 Å². The van der Waals surface area contributed by atoms with Crippen LogP contribution in [0.1, 0.15) is 19.8 Å². The van der Waals surface area contributed by atoms with Gasteiger partial charge < -0.3 is 10.0 Å². The summed E-state index contributed by atoms with van der Waals surface area (Å²) in [6.07, 6.45) is 0.641. The zero-order valence-electron chi connectivity index (χ0n) is 9.32. The number of para-hydroxylation sites is 1. The molecule has 16 heavy (non-hydrogen) atoms. The van der Waals surface area contributed by atoms with Crippen LogP contribution in [0.2, 0.25) is 0 Å². The van der Waals surface area contributed by atoms with Crippen molar-refractivity contribution in [1.82, 2.24) is 0 Å². The molecule has 0 fully saturated rings. The molecule has 1 aromatic rings. The fraction of sp³-hybridized carbons (Fsp3) is 0.417. The van der Waals surface area contributed by atoms with Gasteiger partial charge in [0.15, 0.2) is 0 Å². The van der Waals surface area contributed by atoms with Gasteiger partial charge in [-0.2, -0.15) is 0 Å². The zero-order chi connectivity index (χ0) is 12.0. The summed E-state index contributed by atoms with van der Waals surface area (Å²) in [6, 6.07) is 6.54. The lowest BCUT2D eigenvalue weighted by Gasteiger charge is -2.23. The van der Waals surface area contributed by atoms with Crippen molar-refractivity contribution in [1.29, 1.82) is 0 Å². The second kappa shape index (κ2) is 6.10. The molecule has 0 aliphatic carbocycles. The summed E-state index contributed by atoms with van der Waals surface area (Å²) in [5.74, 6) is -1.08. The Morgan fingerprint density at radius 3 is 2.69 bits per heavy atom. The molecule has 0 saturated carbocycles. The Balaban J connectivity index is 2.60. The van der Waals surface area contributed by atoms with Crippen LogP contribution in [0.5, 0.6) is 0 Å².